The predicted octanol–water partition coefficient (Wildman–Crippen LogP) is 5.11. The number of hydrogen-bond donors (Lipinski definition) is 3. The zero-order chi connectivity index (χ0) is 20.5. The Morgan fingerprint density at radius 3 is 2.70 bits per heavy atom. The van der Waals surface area contributed by atoms with Gasteiger partial charge in [0.05, 0.1) is 16.1 Å². The molecule has 0 saturated carbocycles. The van der Waals surface area contributed by atoms with Crippen LogP contribution in [0.3, 0.4) is 0 Å². The Bertz CT molecular complexity index is 1180. The van der Waals surface area contributed by atoms with E-state index in [9.17, 15) is 4.79 Å². The van der Waals surface area contributed by atoms with Crippen molar-refractivity contribution < 1.29 is 4.79 Å². The lowest BCUT2D eigenvalue weighted by atomic mass is 10.1. The van der Waals surface area contributed by atoms with E-state index in [2.05, 4.69) is 24.3 Å². The molecule has 0 aliphatic carbocycles. The molecule has 1 aliphatic heterocycles. The summed E-state index contributed by atoms with van der Waals surface area (Å²) in [5.74, 6) is 0.491. The summed E-state index contributed by atoms with van der Waals surface area (Å²) in [5.41, 5.74) is 4.85. The highest BCUT2D eigenvalue weighted by molar-refractivity contribution is 7.99. The van der Waals surface area contributed by atoms with E-state index in [1.54, 1.807) is 24.3 Å². The quantitative estimate of drug-likeness (QED) is 0.388. The normalized spacial score (nSPS) is 13.7. The molecule has 0 spiro atoms. The molecule has 3 N–H and O–H groups in total. The zero-order valence-corrected chi connectivity index (χ0v) is 17.4. The largest absolute Gasteiger partial charge is 0.338 e. The van der Waals surface area contributed by atoms with E-state index in [1.165, 1.54) is 0 Å². The average molecular weight is 436 g/mol. The number of fused-ring (bicyclic) bond motifs is 1. The zero-order valence-electron chi connectivity index (χ0n) is 15.9. The van der Waals surface area contributed by atoms with Gasteiger partial charge in [0.1, 0.15) is 5.82 Å². The van der Waals surface area contributed by atoms with Crippen LogP contribution in [-0.2, 0) is 0 Å². The minimum atomic E-state index is -0.174. The fourth-order valence-corrected chi connectivity index (χ4v) is 4.30. The Kier molecular flexibility index (Phi) is 5.08. The van der Waals surface area contributed by atoms with Gasteiger partial charge in [-0.15, -0.1) is 0 Å². The summed E-state index contributed by atoms with van der Waals surface area (Å²) in [6.07, 6.45) is 0. The van der Waals surface area contributed by atoms with Gasteiger partial charge >= 0.3 is 0 Å². The molecule has 150 valence electrons. The van der Waals surface area contributed by atoms with E-state index in [0.717, 1.165) is 35.4 Å². The first-order valence-electron chi connectivity index (χ1n) is 9.51. The van der Waals surface area contributed by atoms with Gasteiger partial charge in [0.15, 0.2) is 0 Å². The number of halogens is 1. The lowest BCUT2D eigenvalue weighted by Gasteiger charge is -2.15. The Morgan fingerprint density at radius 2 is 1.93 bits per heavy atom. The molecule has 3 aromatic carbocycles. The number of carbonyl (C=O) groups is 1. The van der Waals surface area contributed by atoms with Crippen molar-refractivity contribution in [3.05, 3.63) is 77.3 Å². The Balaban J connectivity index is 1.37. The van der Waals surface area contributed by atoms with Gasteiger partial charge in [0.2, 0.25) is 0 Å². The molecule has 1 aromatic heterocycles. The fraction of sp³-hybridized carbons (Fsp3) is 0.0909. The van der Waals surface area contributed by atoms with Crippen LogP contribution in [0.4, 0.5) is 11.4 Å². The first-order valence-corrected chi connectivity index (χ1v) is 10.7. The molecule has 6 nitrogen and oxygen atoms in total. The summed E-state index contributed by atoms with van der Waals surface area (Å²) < 4.78 is 5.37. The van der Waals surface area contributed by atoms with Crippen LogP contribution in [-0.4, -0.2) is 29.0 Å². The minimum absolute atomic E-state index is 0.174. The molecule has 0 bridgehead atoms. The van der Waals surface area contributed by atoms with E-state index in [-0.39, 0.29) is 5.91 Å². The Labute approximate surface area is 182 Å². The number of imidazole rings is 1. The van der Waals surface area contributed by atoms with Gasteiger partial charge < -0.3 is 14.6 Å². The maximum atomic E-state index is 12.7. The van der Waals surface area contributed by atoms with Crippen molar-refractivity contribution in [2.45, 2.75) is 0 Å². The summed E-state index contributed by atoms with van der Waals surface area (Å²) in [6, 6.07) is 20.8. The second kappa shape index (κ2) is 8.02. The Hall–Kier alpha value is -3.00. The van der Waals surface area contributed by atoms with Crippen molar-refractivity contribution in [1.82, 2.24) is 14.7 Å². The van der Waals surface area contributed by atoms with Gasteiger partial charge in [0.25, 0.3) is 5.91 Å². The van der Waals surface area contributed by atoms with Crippen molar-refractivity contribution in [2.24, 2.45) is 0 Å². The molecule has 1 amide bonds. The number of hydrogen-bond acceptors (Lipinski definition) is 5. The van der Waals surface area contributed by atoms with Gasteiger partial charge in [-0.05, 0) is 54.6 Å². The molecule has 0 radical (unpaired) electrons. The lowest BCUT2D eigenvalue weighted by Crippen LogP contribution is -2.13. The third kappa shape index (κ3) is 3.75. The van der Waals surface area contributed by atoms with Crippen LogP contribution in [0.1, 0.15) is 10.4 Å². The van der Waals surface area contributed by atoms with Crippen molar-refractivity contribution in [3.8, 4) is 11.4 Å². The predicted molar refractivity (Wildman–Crippen MR) is 124 cm³/mol. The van der Waals surface area contributed by atoms with Crippen LogP contribution >= 0.6 is 23.7 Å². The molecule has 0 atom stereocenters. The van der Waals surface area contributed by atoms with E-state index in [0.29, 0.717) is 22.1 Å². The highest BCUT2D eigenvalue weighted by Crippen LogP contribution is 2.30. The van der Waals surface area contributed by atoms with Gasteiger partial charge in [-0.25, -0.2) is 9.71 Å². The summed E-state index contributed by atoms with van der Waals surface area (Å²) in [6.45, 7) is 1.88. The van der Waals surface area contributed by atoms with Crippen LogP contribution in [0.15, 0.2) is 66.7 Å². The molecule has 1 aliphatic rings. The van der Waals surface area contributed by atoms with Crippen LogP contribution in [0.2, 0.25) is 5.02 Å². The SMILES string of the molecule is O=C(Nc1ccc(Cl)c(-c2nc3ccccc3[nH]2)c1)c1ccc(N2CCNS2)cc1. The summed E-state index contributed by atoms with van der Waals surface area (Å²) in [4.78, 5) is 20.6. The van der Waals surface area contributed by atoms with Crippen molar-refractivity contribution in [2.75, 3.05) is 22.7 Å². The number of aromatic nitrogens is 2. The van der Waals surface area contributed by atoms with Crippen molar-refractivity contribution in [1.29, 1.82) is 0 Å². The first kappa shape index (κ1) is 19.0. The van der Waals surface area contributed by atoms with Crippen LogP contribution in [0.5, 0.6) is 0 Å². The number of aromatic amines is 1. The second-order valence-electron chi connectivity index (χ2n) is 6.89. The van der Waals surface area contributed by atoms with Gasteiger partial charge in [-0.2, -0.15) is 0 Å². The molecule has 30 heavy (non-hydrogen) atoms. The monoisotopic (exact) mass is 435 g/mol. The number of H-pyrrole nitrogens is 1. The van der Waals surface area contributed by atoms with Crippen molar-refractivity contribution >= 4 is 52.1 Å². The molecule has 2 heterocycles. The standard InChI is InChI=1S/C22H18ClN5OS/c23-18-10-7-15(13-17(18)21-26-19-3-1-2-4-20(19)27-21)25-22(29)14-5-8-16(9-6-14)28-12-11-24-30-28/h1-10,13,24H,11-12H2,(H,25,29)(H,26,27). The molecular formula is C22H18ClN5OS. The smallest absolute Gasteiger partial charge is 0.255 e. The van der Waals surface area contributed by atoms with Crippen molar-refractivity contribution in [3.63, 3.8) is 0 Å². The number of nitrogens with zero attached hydrogens (tertiary/aromatic N) is 2. The van der Waals surface area contributed by atoms with Gasteiger partial charge in [-0.1, -0.05) is 23.7 Å². The summed E-state index contributed by atoms with van der Waals surface area (Å²) >= 11 is 7.98. The third-order valence-corrected chi connectivity index (χ3v) is 6.15. The highest BCUT2D eigenvalue weighted by Gasteiger charge is 2.15. The first-order chi connectivity index (χ1) is 14.7. The topological polar surface area (TPSA) is 73.0 Å². The average Bonchev–Trinajstić information content (AvgIpc) is 3.45. The number of para-hydroxylation sites is 2. The number of anilines is 2. The van der Waals surface area contributed by atoms with E-state index < -0.39 is 0 Å². The number of nitrogens with one attached hydrogen (secondary N) is 3. The lowest BCUT2D eigenvalue weighted by molar-refractivity contribution is 0.102. The number of amides is 1. The summed E-state index contributed by atoms with van der Waals surface area (Å²) in [5, 5.41) is 3.51. The van der Waals surface area contributed by atoms with Gasteiger partial charge in [-0.3, -0.25) is 4.79 Å². The molecule has 5 rings (SSSR count). The van der Waals surface area contributed by atoms with Crippen LogP contribution in [0.25, 0.3) is 22.4 Å². The van der Waals surface area contributed by atoms with Crippen LogP contribution < -0.4 is 14.3 Å². The molecular weight excluding hydrogens is 418 g/mol. The minimum Gasteiger partial charge on any atom is -0.338 e. The summed E-state index contributed by atoms with van der Waals surface area (Å²) in [7, 11) is 0. The van der Waals surface area contributed by atoms with E-state index >= 15 is 0 Å². The number of benzene rings is 3. The number of carbonyl (C=O) groups excluding carboxylic acids is 1. The van der Waals surface area contributed by atoms with Crippen LogP contribution in [0, 0.1) is 0 Å². The molecule has 8 heteroatoms. The molecule has 0 unspecified atom stereocenters. The highest BCUT2D eigenvalue weighted by atomic mass is 35.5. The van der Waals surface area contributed by atoms with E-state index in [1.807, 2.05) is 54.6 Å². The van der Waals surface area contributed by atoms with Gasteiger partial charge in [0, 0.05) is 47.7 Å². The Morgan fingerprint density at radius 1 is 1.10 bits per heavy atom. The maximum Gasteiger partial charge on any atom is 0.255 e. The fourth-order valence-electron chi connectivity index (χ4n) is 3.35. The third-order valence-electron chi connectivity index (χ3n) is 4.88. The maximum absolute atomic E-state index is 12.7. The van der Waals surface area contributed by atoms with E-state index in [4.69, 9.17) is 11.6 Å². The molecule has 1 saturated heterocycles. The molecule has 4 aromatic rings. The number of rotatable bonds is 4. The second-order valence-corrected chi connectivity index (χ2v) is 8.21. The molecule has 1 fully saturated rings.